The van der Waals surface area contributed by atoms with Gasteiger partial charge in [-0.05, 0) is 72.3 Å². The van der Waals surface area contributed by atoms with Gasteiger partial charge in [0.1, 0.15) is 5.76 Å². The molecule has 0 unspecified atom stereocenters. The van der Waals surface area contributed by atoms with Gasteiger partial charge in [0.25, 0.3) is 0 Å². The first-order valence-corrected chi connectivity index (χ1v) is 10.3. The molecule has 3 aromatic rings. The molecule has 2 aromatic carbocycles. The number of halogens is 1. The van der Waals surface area contributed by atoms with E-state index in [0.717, 1.165) is 5.69 Å². The Kier molecular flexibility index (Phi) is 14.2. The Morgan fingerprint density at radius 1 is 1.12 bits per heavy atom. The molecule has 0 amide bonds. The van der Waals surface area contributed by atoms with Crippen LogP contribution in [0.4, 0.5) is 5.69 Å². The van der Waals surface area contributed by atoms with E-state index in [1.54, 1.807) is 36.4 Å². The quantitative estimate of drug-likeness (QED) is 0.121. The van der Waals surface area contributed by atoms with E-state index in [1.165, 1.54) is 30.4 Å². The average Bonchev–Trinajstić information content (AvgIpc) is 2.75. The molecule has 1 aromatic heterocycles. The van der Waals surface area contributed by atoms with Gasteiger partial charge in [-0.2, -0.15) is 15.5 Å². The first-order valence-electron chi connectivity index (χ1n) is 9.18. The Bertz CT molecular complexity index is 1150. The van der Waals surface area contributed by atoms with Crippen molar-refractivity contribution in [2.45, 2.75) is 20.8 Å². The van der Waals surface area contributed by atoms with Gasteiger partial charge in [0, 0.05) is 22.1 Å². The number of aryl methyl sites for hydroxylation is 1. The molecule has 0 saturated carbocycles. The predicted octanol–water partition coefficient (Wildman–Crippen LogP) is 2.95. The molecule has 10 heteroatoms. The van der Waals surface area contributed by atoms with E-state index < -0.39 is 17.3 Å². The van der Waals surface area contributed by atoms with E-state index in [-0.39, 0.29) is 34.1 Å². The maximum atomic E-state index is 11.8. The van der Waals surface area contributed by atoms with Crippen molar-refractivity contribution in [1.29, 1.82) is 5.26 Å². The van der Waals surface area contributed by atoms with E-state index in [0.29, 0.717) is 5.56 Å². The number of hydrogen-bond acceptors (Lipinski definition) is 8. The van der Waals surface area contributed by atoms with E-state index in [4.69, 9.17) is 15.4 Å². The Labute approximate surface area is 216 Å². The van der Waals surface area contributed by atoms with Crippen molar-refractivity contribution >= 4 is 39.9 Å². The van der Waals surface area contributed by atoms with Crippen molar-refractivity contribution in [1.82, 2.24) is 0 Å². The Hall–Kier alpha value is -3.13. The predicted molar refractivity (Wildman–Crippen MR) is 129 cm³/mol. The summed E-state index contributed by atoms with van der Waals surface area (Å²) in [4.78, 5) is 11.6. The van der Waals surface area contributed by atoms with Crippen molar-refractivity contribution in [3.63, 3.8) is 0 Å². The van der Waals surface area contributed by atoms with Crippen LogP contribution >= 0.6 is 22.6 Å². The molecule has 0 aliphatic heterocycles. The van der Waals surface area contributed by atoms with Gasteiger partial charge >= 0.3 is 22.7 Å². The summed E-state index contributed by atoms with van der Waals surface area (Å²) in [7, 11) is 0. The minimum atomic E-state index is -0.788. The van der Waals surface area contributed by atoms with Gasteiger partial charge in [-0.1, -0.05) is 36.1 Å². The average molecular weight is 608 g/mol. The van der Waals surface area contributed by atoms with Crippen LogP contribution in [-0.4, -0.2) is 11.6 Å². The second-order valence-electron chi connectivity index (χ2n) is 6.12. The van der Waals surface area contributed by atoms with Crippen LogP contribution in [-0.2, 0) is 17.1 Å². The first-order chi connectivity index (χ1) is 15.2. The third-order valence-corrected chi connectivity index (χ3v) is 4.30. The van der Waals surface area contributed by atoms with E-state index in [9.17, 15) is 15.0 Å². The fraction of sp³-hybridized carbons (Fsp3) is 0.130. The standard InChI is InChI=1S/C15H14N2O4.C6H6IN.C2H3N.Cu/c1-9-8-12(18)13(15(20)21-9)10(2)16-17-14(19)11-6-4-3-5-7-11;7-5-1-3-6(8)4-2-5;1-2-3;/h3-8,18H,1-2H3,(H,17,19);1-4H,8H2;1H3;/q;;;+2/p-2/b16-10+;;;. The number of anilines is 1. The normalized spacial score (nSPS) is 10.4. The smallest absolute Gasteiger partial charge is 0.872 e. The summed E-state index contributed by atoms with van der Waals surface area (Å²) in [5, 5.41) is 38.0. The summed E-state index contributed by atoms with van der Waals surface area (Å²) in [6.45, 7) is 4.35. The molecule has 0 spiro atoms. The largest absolute Gasteiger partial charge is 2.00 e. The molecule has 0 bridgehead atoms. The second kappa shape index (κ2) is 15.6. The van der Waals surface area contributed by atoms with Crippen LogP contribution in [0.5, 0.6) is 5.75 Å². The molecular weight excluding hydrogens is 587 g/mol. The number of nitrogen functional groups attached to an aromatic ring is 1. The zero-order chi connectivity index (χ0) is 24.1. The molecule has 8 nitrogen and oxygen atoms in total. The third kappa shape index (κ3) is 10.8. The number of benzene rings is 2. The molecule has 0 saturated heterocycles. The van der Waals surface area contributed by atoms with Gasteiger partial charge in [0.15, 0.2) is 0 Å². The van der Waals surface area contributed by atoms with Gasteiger partial charge < -0.3 is 20.4 Å². The topological polar surface area (TPSA) is 151 Å². The van der Waals surface area contributed by atoms with Crippen molar-refractivity contribution in [3.8, 4) is 11.8 Å². The molecule has 1 heterocycles. The van der Waals surface area contributed by atoms with Crippen LogP contribution in [0.25, 0.3) is 0 Å². The van der Waals surface area contributed by atoms with Crippen LogP contribution in [0.2, 0.25) is 0 Å². The van der Waals surface area contributed by atoms with Crippen LogP contribution in [0, 0.1) is 21.8 Å². The first kappa shape index (κ1) is 29.9. The fourth-order valence-corrected chi connectivity index (χ4v) is 2.54. The fourth-order valence-electron chi connectivity index (χ4n) is 2.18. The number of nitrogens with zero attached hydrogens (tertiary/aromatic N) is 3. The van der Waals surface area contributed by atoms with Gasteiger partial charge in [-0.15, -0.1) is 0 Å². The zero-order valence-electron chi connectivity index (χ0n) is 18.0. The molecule has 2 N–H and O–H groups in total. The molecular formula is C23H21CuIN4O4. The molecule has 0 aliphatic carbocycles. The van der Waals surface area contributed by atoms with E-state index in [1.807, 2.05) is 24.3 Å². The van der Waals surface area contributed by atoms with Crippen molar-refractivity contribution < 1.29 is 31.7 Å². The maximum Gasteiger partial charge on any atom is 2.00 e. The molecule has 0 atom stereocenters. The SMILES string of the molecule is C/C(=N\N=C(/[O-])c1ccccc1)c1c([O-])cc(C)oc1=O.CC#N.Nc1ccc(I)cc1.[Cu+2]. The molecule has 0 fully saturated rings. The number of nitrogens with two attached hydrogens (primary N) is 1. The summed E-state index contributed by atoms with van der Waals surface area (Å²) in [5.41, 5.74) is 5.65. The van der Waals surface area contributed by atoms with Crippen molar-refractivity contribution in [3.05, 3.63) is 91.5 Å². The summed E-state index contributed by atoms with van der Waals surface area (Å²) in [6, 6.07) is 19.0. The van der Waals surface area contributed by atoms with E-state index in [2.05, 4.69) is 32.8 Å². The monoisotopic (exact) mass is 607 g/mol. The third-order valence-electron chi connectivity index (χ3n) is 3.58. The number of rotatable bonds is 3. The van der Waals surface area contributed by atoms with Gasteiger partial charge in [-0.3, -0.25) is 0 Å². The Morgan fingerprint density at radius 2 is 1.67 bits per heavy atom. The van der Waals surface area contributed by atoms with Gasteiger partial charge in [0.2, 0.25) is 0 Å². The van der Waals surface area contributed by atoms with Gasteiger partial charge in [-0.25, -0.2) is 4.79 Å². The summed E-state index contributed by atoms with van der Waals surface area (Å²) < 4.78 is 6.06. The van der Waals surface area contributed by atoms with Crippen LogP contribution in [0.1, 0.15) is 30.7 Å². The molecule has 1 radical (unpaired) electrons. The summed E-state index contributed by atoms with van der Waals surface area (Å²) in [6.07, 6.45) is 0. The van der Waals surface area contributed by atoms with E-state index >= 15 is 0 Å². The van der Waals surface area contributed by atoms with Crippen LogP contribution < -0.4 is 21.6 Å². The van der Waals surface area contributed by atoms with Crippen LogP contribution in [0.3, 0.4) is 0 Å². The van der Waals surface area contributed by atoms with Gasteiger partial charge in [0.05, 0.1) is 17.3 Å². The summed E-state index contributed by atoms with van der Waals surface area (Å²) >= 11 is 2.24. The summed E-state index contributed by atoms with van der Waals surface area (Å²) in [5.74, 6) is -0.842. The minimum Gasteiger partial charge on any atom is -0.872 e. The molecule has 33 heavy (non-hydrogen) atoms. The number of hydrogen-bond donors (Lipinski definition) is 1. The molecule has 0 aliphatic rings. The Balaban J connectivity index is 0.000000710. The zero-order valence-corrected chi connectivity index (χ0v) is 21.1. The number of nitriles is 1. The molecule has 175 valence electrons. The van der Waals surface area contributed by atoms with Crippen molar-refractivity contribution in [2.75, 3.05) is 5.73 Å². The maximum absolute atomic E-state index is 11.8. The van der Waals surface area contributed by atoms with Crippen molar-refractivity contribution in [2.24, 2.45) is 10.2 Å². The minimum absolute atomic E-state index is 0. The van der Waals surface area contributed by atoms with Crippen LogP contribution in [0.15, 0.2) is 80.1 Å². The second-order valence-corrected chi connectivity index (χ2v) is 7.36. The Morgan fingerprint density at radius 3 is 2.15 bits per heavy atom. The molecule has 3 rings (SSSR count).